The first-order valence-electron chi connectivity index (χ1n) is 12.2. The fraction of sp³-hybridized carbons (Fsp3) is 0.519. The van der Waals surface area contributed by atoms with E-state index in [0.29, 0.717) is 13.1 Å². The van der Waals surface area contributed by atoms with Gasteiger partial charge in [0.1, 0.15) is 6.04 Å². The van der Waals surface area contributed by atoms with Crippen LogP contribution in [0.1, 0.15) is 27.7 Å². The van der Waals surface area contributed by atoms with E-state index in [9.17, 15) is 19.5 Å². The van der Waals surface area contributed by atoms with Gasteiger partial charge < -0.3 is 19.8 Å². The second-order valence-corrected chi connectivity index (χ2v) is 12.8. The molecule has 1 spiro atoms. The molecule has 0 aromatic heterocycles. The van der Waals surface area contributed by atoms with Crippen molar-refractivity contribution in [1.82, 2.24) is 9.80 Å². The number of rotatable bonds is 3. The number of benzene rings is 1. The molecule has 4 aliphatic rings. The summed E-state index contributed by atoms with van der Waals surface area (Å²) in [7, 11) is 0. The summed E-state index contributed by atoms with van der Waals surface area (Å²) in [6.45, 7) is 8.67. The van der Waals surface area contributed by atoms with Crippen LogP contribution in [0.2, 0.25) is 0 Å². The number of hydrogen-bond acceptors (Lipinski definition) is 5. The maximum absolute atomic E-state index is 14.2. The molecule has 1 aromatic rings. The van der Waals surface area contributed by atoms with Crippen LogP contribution >= 0.6 is 11.8 Å². The Kier molecular flexibility index (Phi) is 5.68. The molecule has 0 saturated carbocycles. The summed E-state index contributed by atoms with van der Waals surface area (Å²) in [5, 5.41) is 9.82. The van der Waals surface area contributed by atoms with Crippen molar-refractivity contribution in [2.24, 2.45) is 11.8 Å². The van der Waals surface area contributed by atoms with Crippen LogP contribution in [-0.2, 0) is 14.4 Å². The molecule has 35 heavy (non-hydrogen) atoms. The lowest BCUT2D eigenvalue weighted by atomic mass is 9.74. The van der Waals surface area contributed by atoms with Gasteiger partial charge in [0.25, 0.3) is 0 Å². The van der Waals surface area contributed by atoms with Crippen molar-refractivity contribution in [1.29, 1.82) is 0 Å². The normalized spacial score (nSPS) is 34.6. The van der Waals surface area contributed by atoms with Gasteiger partial charge in [-0.05, 0) is 39.8 Å². The molecule has 1 N–H and O–H groups in total. The molecule has 0 aliphatic carbocycles. The fourth-order valence-corrected chi connectivity index (χ4v) is 8.47. The molecular weight excluding hydrogens is 462 g/mol. The standard InChI is InChI=1S/C27H33N3O4S/c1-25(2,3)30-15-9-13-27-20(23(33)29(16-17-31)21(27)24(30)34)19-22(32)28(18-10-6-5-7-11-18)14-8-12-26(19,4)35-27/h5-13,19-21,31H,14-17H2,1-4H3/t19-,20-,21?,26+,27-/m0/s1. The molecule has 186 valence electrons. The molecule has 4 heterocycles. The summed E-state index contributed by atoms with van der Waals surface area (Å²) >= 11 is 1.56. The summed E-state index contributed by atoms with van der Waals surface area (Å²) in [6, 6.07) is 8.74. The fourth-order valence-electron chi connectivity index (χ4n) is 6.31. The second kappa shape index (κ2) is 8.23. The number of thioether (sulfide) groups is 1. The second-order valence-electron chi connectivity index (χ2n) is 11.0. The van der Waals surface area contributed by atoms with Crippen molar-refractivity contribution < 1.29 is 19.5 Å². The first kappa shape index (κ1) is 24.1. The molecule has 4 aliphatic heterocycles. The maximum atomic E-state index is 14.2. The number of aliphatic hydroxyl groups is 1. The topological polar surface area (TPSA) is 81.2 Å². The summed E-state index contributed by atoms with van der Waals surface area (Å²) in [6.07, 6.45) is 8.06. The van der Waals surface area contributed by atoms with Gasteiger partial charge in [-0.25, -0.2) is 0 Å². The molecule has 8 heteroatoms. The predicted molar refractivity (Wildman–Crippen MR) is 137 cm³/mol. The Balaban J connectivity index is 1.65. The lowest BCUT2D eigenvalue weighted by Crippen LogP contribution is -2.57. The monoisotopic (exact) mass is 495 g/mol. The van der Waals surface area contributed by atoms with Crippen molar-refractivity contribution in [3.05, 3.63) is 54.6 Å². The Morgan fingerprint density at radius 2 is 1.66 bits per heavy atom. The number of fused-ring (bicyclic) bond motifs is 2. The van der Waals surface area contributed by atoms with Crippen LogP contribution in [0.3, 0.4) is 0 Å². The first-order chi connectivity index (χ1) is 16.5. The molecule has 7 nitrogen and oxygen atoms in total. The zero-order chi connectivity index (χ0) is 25.2. The molecule has 0 bridgehead atoms. The van der Waals surface area contributed by atoms with E-state index in [1.807, 2.05) is 76.3 Å². The summed E-state index contributed by atoms with van der Waals surface area (Å²) in [5.41, 5.74) is 0.355. The quantitative estimate of drug-likeness (QED) is 0.652. The zero-order valence-electron chi connectivity index (χ0n) is 20.7. The Morgan fingerprint density at radius 1 is 0.971 bits per heavy atom. The molecule has 1 unspecified atom stereocenters. The van der Waals surface area contributed by atoms with E-state index in [-0.39, 0.29) is 30.9 Å². The molecule has 2 fully saturated rings. The van der Waals surface area contributed by atoms with Crippen LogP contribution in [-0.4, -0.2) is 79.9 Å². The molecule has 2 saturated heterocycles. The number of hydrogen-bond donors (Lipinski definition) is 1. The largest absolute Gasteiger partial charge is 0.395 e. The number of nitrogens with zero attached hydrogens (tertiary/aromatic N) is 3. The van der Waals surface area contributed by atoms with Gasteiger partial charge in [0.2, 0.25) is 17.7 Å². The van der Waals surface area contributed by atoms with Gasteiger partial charge in [0.05, 0.1) is 23.2 Å². The zero-order valence-corrected chi connectivity index (χ0v) is 21.5. The maximum Gasteiger partial charge on any atom is 0.247 e. The van der Waals surface area contributed by atoms with E-state index in [1.165, 1.54) is 4.90 Å². The molecule has 5 atom stereocenters. The first-order valence-corrected chi connectivity index (χ1v) is 13.0. The van der Waals surface area contributed by atoms with Gasteiger partial charge in [0.15, 0.2) is 0 Å². The van der Waals surface area contributed by atoms with Crippen LogP contribution in [0.15, 0.2) is 54.6 Å². The Hall–Kier alpha value is -2.58. The van der Waals surface area contributed by atoms with Gasteiger partial charge in [-0.15, -0.1) is 11.8 Å². The van der Waals surface area contributed by atoms with Crippen molar-refractivity contribution in [2.45, 2.75) is 48.8 Å². The Morgan fingerprint density at radius 3 is 2.31 bits per heavy atom. The summed E-state index contributed by atoms with van der Waals surface area (Å²) in [4.78, 5) is 47.4. The van der Waals surface area contributed by atoms with Gasteiger partial charge in [-0.1, -0.05) is 42.5 Å². The molecule has 5 rings (SSSR count). The molecule has 1 aromatic carbocycles. The SMILES string of the molecule is CC(C)(C)N1CC=C[C@]23S[C@]4(C)C=CCN(c5ccccc5)C(=O)[C@@H]4[C@H]2C(=O)N(CCO)C3C1=O. The minimum Gasteiger partial charge on any atom is -0.395 e. The number of likely N-dealkylation sites (tertiary alicyclic amines) is 1. The van der Waals surface area contributed by atoms with E-state index in [0.717, 1.165) is 5.69 Å². The highest BCUT2D eigenvalue weighted by Crippen LogP contribution is 2.65. The van der Waals surface area contributed by atoms with Gasteiger partial charge >= 0.3 is 0 Å². The van der Waals surface area contributed by atoms with Crippen LogP contribution in [0.4, 0.5) is 5.69 Å². The lowest BCUT2D eigenvalue weighted by Gasteiger charge is -2.40. The van der Waals surface area contributed by atoms with Crippen LogP contribution in [0, 0.1) is 11.8 Å². The number of anilines is 1. The number of β-amino-alcohol motifs (C(OH)–C–C–N with tert-alkyl or cyclic N) is 1. The van der Waals surface area contributed by atoms with Gasteiger partial charge in [-0.3, -0.25) is 14.4 Å². The number of carbonyl (C=O) groups is 3. The van der Waals surface area contributed by atoms with E-state index in [1.54, 1.807) is 21.6 Å². The van der Waals surface area contributed by atoms with Gasteiger partial charge in [-0.2, -0.15) is 0 Å². The molecule has 3 amide bonds. The van der Waals surface area contributed by atoms with Crippen molar-refractivity contribution in [3.63, 3.8) is 0 Å². The van der Waals surface area contributed by atoms with E-state index in [4.69, 9.17) is 0 Å². The number of aliphatic hydroxyl groups excluding tert-OH is 1. The number of amides is 3. The minimum atomic E-state index is -0.886. The van der Waals surface area contributed by atoms with Crippen molar-refractivity contribution in [2.75, 3.05) is 31.1 Å². The molecular formula is C27H33N3O4S. The average molecular weight is 496 g/mol. The third kappa shape index (κ3) is 3.48. The third-order valence-corrected chi connectivity index (χ3v) is 9.57. The van der Waals surface area contributed by atoms with Gasteiger partial charge in [0, 0.05) is 35.6 Å². The summed E-state index contributed by atoms with van der Waals surface area (Å²) < 4.78 is -1.53. The van der Waals surface area contributed by atoms with E-state index < -0.39 is 32.9 Å². The lowest BCUT2D eigenvalue weighted by molar-refractivity contribution is -0.145. The van der Waals surface area contributed by atoms with Crippen LogP contribution in [0.5, 0.6) is 0 Å². The van der Waals surface area contributed by atoms with Crippen molar-refractivity contribution in [3.8, 4) is 0 Å². The Bertz CT molecular complexity index is 1110. The van der Waals surface area contributed by atoms with Crippen LogP contribution in [0.25, 0.3) is 0 Å². The highest BCUT2D eigenvalue weighted by atomic mass is 32.2. The third-order valence-electron chi connectivity index (χ3n) is 7.78. The van der Waals surface area contributed by atoms with E-state index >= 15 is 0 Å². The smallest absolute Gasteiger partial charge is 0.247 e. The summed E-state index contributed by atoms with van der Waals surface area (Å²) in [5.74, 6) is -1.79. The van der Waals surface area contributed by atoms with E-state index in [2.05, 4.69) is 6.08 Å². The number of carbonyl (C=O) groups excluding carboxylic acids is 3. The number of para-hydroxylation sites is 1. The highest BCUT2D eigenvalue weighted by molar-refractivity contribution is 8.02. The Labute approximate surface area is 210 Å². The average Bonchev–Trinajstić information content (AvgIpc) is 3.05. The predicted octanol–water partition coefficient (Wildman–Crippen LogP) is 2.47. The molecule has 0 radical (unpaired) electrons. The van der Waals surface area contributed by atoms with Crippen LogP contribution < -0.4 is 4.90 Å². The minimum absolute atomic E-state index is 0.0652. The van der Waals surface area contributed by atoms with Crippen molar-refractivity contribution >= 4 is 35.2 Å². The highest BCUT2D eigenvalue weighted by Gasteiger charge is 2.74.